The van der Waals surface area contributed by atoms with Crippen molar-refractivity contribution in [1.29, 1.82) is 0 Å². The molecule has 1 aliphatic heterocycles. The van der Waals surface area contributed by atoms with Crippen LogP contribution in [0.1, 0.15) is 22.7 Å². The molecule has 1 N–H and O–H groups in total. The van der Waals surface area contributed by atoms with Gasteiger partial charge in [-0.2, -0.15) is 0 Å². The van der Waals surface area contributed by atoms with E-state index in [1.165, 1.54) is 7.11 Å². The summed E-state index contributed by atoms with van der Waals surface area (Å²) in [6.45, 7) is 0. The lowest BCUT2D eigenvalue weighted by atomic mass is 9.87. The van der Waals surface area contributed by atoms with Gasteiger partial charge in [0.05, 0.1) is 19.6 Å². The molecule has 0 saturated heterocycles. The van der Waals surface area contributed by atoms with E-state index in [-0.39, 0.29) is 24.1 Å². The standard InChI is InChI=1S/C24H23ClN2O3/c1-26(2)18-8-10-19(11-9-18)27-23(29)13-16-12-22(30-3)21(28)14-20(16)24(27)15-4-6-17(25)7-5-15/h4-12,14,24,28H,13H2,1-3H3. The summed E-state index contributed by atoms with van der Waals surface area (Å²) in [5.74, 6) is 0.389. The molecule has 0 aliphatic carbocycles. The second kappa shape index (κ2) is 7.92. The molecule has 1 aliphatic rings. The molecule has 0 aromatic heterocycles. The van der Waals surface area contributed by atoms with E-state index in [0.29, 0.717) is 10.8 Å². The topological polar surface area (TPSA) is 53.0 Å². The number of hydrogen-bond acceptors (Lipinski definition) is 4. The number of aromatic hydroxyl groups is 1. The third kappa shape index (κ3) is 3.57. The van der Waals surface area contributed by atoms with Gasteiger partial charge in [0.1, 0.15) is 0 Å². The number of nitrogens with zero attached hydrogens (tertiary/aromatic N) is 2. The van der Waals surface area contributed by atoms with Crippen molar-refractivity contribution in [3.8, 4) is 11.5 Å². The van der Waals surface area contributed by atoms with Crippen LogP contribution in [0.3, 0.4) is 0 Å². The fourth-order valence-electron chi connectivity index (χ4n) is 3.91. The molecule has 0 saturated carbocycles. The monoisotopic (exact) mass is 422 g/mol. The Hall–Kier alpha value is -3.18. The molecule has 0 bridgehead atoms. The van der Waals surface area contributed by atoms with Crippen LogP contribution in [0.5, 0.6) is 11.5 Å². The van der Waals surface area contributed by atoms with Crippen LogP contribution in [0.15, 0.2) is 60.7 Å². The van der Waals surface area contributed by atoms with Gasteiger partial charge in [-0.3, -0.25) is 4.79 Å². The average molecular weight is 423 g/mol. The van der Waals surface area contributed by atoms with Gasteiger partial charge in [0, 0.05) is 30.5 Å². The molecule has 6 heteroatoms. The summed E-state index contributed by atoms with van der Waals surface area (Å²) in [4.78, 5) is 17.1. The Kier molecular flexibility index (Phi) is 5.31. The molecule has 30 heavy (non-hydrogen) atoms. The van der Waals surface area contributed by atoms with Gasteiger partial charge in [0.2, 0.25) is 5.91 Å². The molecule has 5 nitrogen and oxygen atoms in total. The smallest absolute Gasteiger partial charge is 0.232 e. The number of anilines is 2. The van der Waals surface area contributed by atoms with Crippen molar-refractivity contribution < 1.29 is 14.6 Å². The van der Waals surface area contributed by atoms with Crippen LogP contribution < -0.4 is 14.5 Å². The molecule has 3 aromatic rings. The molecule has 1 atom stereocenters. The number of halogens is 1. The lowest BCUT2D eigenvalue weighted by Crippen LogP contribution is -2.41. The number of carbonyl (C=O) groups is 1. The van der Waals surface area contributed by atoms with Crippen LogP contribution >= 0.6 is 11.6 Å². The largest absolute Gasteiger partial charge is 0.504 e. The van der Waals surface area contributed by atoms with Crippen LogP contribution in [-0.4, -0.2) is 32.2 Å². The highest BCUT2D eigenvalue weighted by Gasteiger charge is 2.35. The summed E-state index contributed by atoms with van der Waals surface area (Å²) < 4.78 is 5.25. The number of rotatable bonds is 4. The van der Waals surface area contributed by atoms with E-state index in [9.17, 15) is 9.90 Å². The number of amides is 1. The summed E-state index contributed by atoms with van der Waals surface area (Å²) >= 11 is 6.10. The number of benzene rings is 3. The molecule has 0 fully saturated rings. The Morgan fingerprint density at radius 3 is 2.33 bits per heavy atom. The molecular formula is C24H23ClN2O3. The fourth-order valence-corrected chi connectivity index (χ4v) is 4.03. The first-order valence-electron chi connectivity index (χ1n) is 9.63. The Morgan fingerprint density at radius 2 is 1.73 bits per heavy atom. The van der Waals surface area contributed by atoms with Crippen LogP contribution in [0.2, 0.25) is 5.02 Å². The van der Waals surface area contributed by atoms with Crippen LogP contribution in [0, 0.1) is 0 Å². The molecule has 0 radical (unpaired) electrons. The van der Waals surface area contributed by atoms with Gasteiger partial charge in [0.25, 0.3) is 0 Å². The molecule has 3 aromatic carbocycles. The number of phenols is 1. The maximum absolute atomic E-state index is 13.3. The molecule has 1 amide bonds. The van der Waals surface area contributed by atoms with Crippen molar-refractivity contribution in [2.45, 2.75) is 12.5 Å². The predicted octanol–water partition coefficient (Wildman–Crippen LogP) is 4.80. The molecule has 4 rings (SSSR count). The summed E-state index contributed by atoms with van der Waals surface area (Å²) in [5, 5.41) is 11.1. The Bertz CT molecular complexity index is 1080. The average Bonchev–Trinajstić information content (AvgIpc) is 2.73. The number of fused-ring (bicyclic) bond motifs is 1. The first kappa shape index (κ1) is 20.1. The van der Waals surface area contributed by atoms with Crippen LogP contribution in [0.25, 0.3) is 0 Å². The second-order valence-corrected chi connectivity index (χ2v) is 7.96. The van der Waals surface area contributed by atoms with Crippen molar-refractivity contribution >= 4 is 28.9 Å². The van der Waals surface area contributed by atoms with Crippen LogP contribution in [-0.2, 0) is 11.2 Å². The van der Waals surface area contributed by atoms with Gasteiger partial charge in [-0.05, 0) is 65.2 Å². The van der Waals surface area contributed by atoms with Gasteiger partial charge >= 0.3 is 0 Å². The van der Waals surface area contributed by atoms with E-state index in [1.54, 1.807) is 17.0 Å². The number of phenolic OH excluding ortho intramolecular Hbond substituents is 1. The SMILES string of the molecule is COc1cc2c(cc1O)C(c1ccc(Cl)cc1)N(c1ccc(N(C)C)cc1)C(=O)C2. The highest BCUT2D eigenvalue weighted by molar-refractivity contribution is 6.30. The maximum Gasteiger partial charge on any atom is 0.232 e. The zero-order chi connectivity index (χ0) is 21.4. The number of carbonyl (C=O) groups excluding carboxylic acids is 1. The molecule has 1 heterocycles. The lowest BCUT2D eigenvalue weighted by molar-refractivity contribution is -0.118. The van der Waals surface area contributed by atoms with Crippen molar-refractivity contribution in [1.82, 2.24) is 0 Å². The third-order valence-corrected chi connectivity index (χ3v) is 5.69. The van der Waals surface area contributed by atoms with E-state index >= 15 is 0 Å². The quantitative estimate of drug-likeness (QED) is 0.656. The van der Waals surface area contributed by atoms with Crippen molar-refractivity contribution in [3.63, 3.8) is 0 Å². The van der Waals surface area contributed by atoms with Gasteiger partial charge in [-0.25, -0.2) is 0 Å². The van der Waals surface area contributed by atoms with Crippen molar-refractivity contribution in [2.75, 3.05) is 31.0 Å². The van der Waals surface area contributed by atoms with Crippen molar-refractivity contribution in [2.24, 2.45) is 0 Å². The van der Waals surface area contributed by atoms with Gasteiger partial charge in [-0.1, -0.05) is 23.7 Å². The minimum Gasteiger partial charge on any atom is -0.504 e. The van der Waals surface area contributed by atoms with Crippen molar-refractivity contribution in [3.05, 3.63) is 82.4 Å². The van der Waals surface area contributed by atoms with Crippen LogP contribution in [0.4, 0.5) is 11.4 Å². The summed E-state index contributed by atoms with van der Waals surface area (Å²) in [6, 6.07) is 18.4. The van der Waals surface area contributed by atoms with E-state index < -0.39 is 0 Å². The minimum atomic E-state index is -0.388. The highest BCUT2D eigenvalue weighted by Crippen LogP contribution is 2.43. The fraction of sp³-hybridized carbons (Fsp3) is 0.208. The maximum atomic E-state index is 13.3. The van der Waals surface area contributed by atoms with E-state index in [1.807, 2.05) is 67.5 Å². The van der Waals surface area contributed by atoms with E-state index in [4.69, 9.17) is 16.3 Å². The first-order valence-corrected chi connectivity index (χ1v) is 10.0. The summed E-state index contributed by atoms with van der Waals surface area (Å²) in [6.07, 6.45) is 0.228. The van der Waals surface area contributed by atoms with E-state index in [2.05, 4.69) is 0 Å². The lowest BCUT2D eigenvalue weighted by Gasteiger charge is -2.38. The Balaban J connectivity index is 1.88. The zero-order valence-corrected chi connectivity index (χ0v) is 17.8. The zero-order valence-electron chi connectivity index (χ0n) is 17.1. The summed E-state index contributed by atoms with van der Waals surface area (Å²) in [5.41, 5.74) is 4.47. The third-order valence-electron chi connectivity index (χ3n) is 5.43. The highest BCUT2D eigenvalue weighted by atomic mass is 35.5. The predicted molar refractivity (Wildman–Crippen MR) is 120 cm³/mol. The molecule has 1 unspecified atom stereocenters. The molecule has 154 valence electrons. The van der Waals surface area contributed by atoms with Gasteiger partial charge < -0.3 is 19.6 Å². The summed E-state index contributed by atoms with van der Waals surface area (Å²) in [7, 11) is 5.45. The number of hydrogen-bond donors (Lipinski definition) is 1. The molecular weight excluding hydrogens is 400 g/mol. The normalized spacial score (nSPS) is 15.7. The van der Waals surface area contributed by atoms with Gasteiger partial charge in [-0.15, -0.1) is 0 Å². The first-order chi connectivity index (χ1) is 14.4. The van der Waals surface area contributed by atoms with E-state index in [0.717, 1.165) is 28.1 Å². The number of methoxy groups -OCH3 is 1. The Labute approximate surface area is 181 Å². The molecule has 0 spiro atoms. The number of ether oxygens (including phenoxy) is 1. The second-order valence-electron chi connectivity index (χ2n) is 7.53. The van der Waals surface area contributed by atoms with Gasteiger partial charge in [0.15, 0.2) is 11.5 Å². The Morgan fingerprint density at radius 1 is 1.07 bits per heavy atom. The minimum absolute atomic E-state index is 0.0206.